The molecule has 1 aliphatic rings. The van der Waals surface area contributed by atoms with Gasteiger partial charge in [0.15, 0.2) is 0 Å². The molecule has 2 aromatic heterocycles. The van der Waals surface area contributed by atoms with Crippen molar-refractivity contribution < 1.29 is 18.0 Å². The number of nitrogens with one attached hydrogen (secondary N) is 2. The van der Waals surface area contributed by atoms with Crippen molar-refractivity contribution in [3.63, 3.8) is 0 Å². The lowest BCUT2D eigenvalue weighted by Gasteiger charge is -2.20. The number of rotatable bonds is 8. The molecule has 2 atom stereocenters. The molecule has 0 bridgehead atoms. The van der Waals surface area contributed by atoms with Crippen LogP contribution in [0.5, 0.6) is 0 Å². The molecule has 11 heteroatoms. The quantitative estimate of drug-likeness (QED) is 0.247. The van der Waals surface area contributed by atoms with E-state index in [-0.39, 0.29) is 17.0 Å². The molecule has 42 heavy (non-hydrogen) atoms. The van der Waals surface area contributed by atoms with Crippen LogP contribution in [0.1, 0.15) is 46.3 Å². The highest BCUT2D eigenvalue weighted by atomic mass is 19.4. The Morgan fingerprint density at radius 3 is 2.55 bits per heavy atom. The predicted molar refractivity (Wildman–Crippen MR) is 155 cm³/mol. The molecule has 1 aliphatic carbocycles. The van der Waals surface area contributed by atoms with E-state index in [1.54, 1.807) is 42.9 Å². The molecule has 0 radical (unpaired) electrons. The molecule has 4 aromatic rings. The molecule has 1 saturated carbocycles. The Hall–Kier alpha value is -4.38. The van der Waals surface area contributed by atoms with Crippen LogP contribution in [0.4, 0.5) is 30.5 Å². The van der Waals surface area contributed by atoms with E-state index in [9.17, 15) is 18.0 Å². The fourth-order valence-electron chi connectivity index (χ4n) is 5.34. The van der Waals surface area contributed by atoms with Crippen molar-refractivity contribution in [1.29, 1.82) is 0 Å². The van der Waals surface area contributed by atoms with Crippen molar-refractivity contribution >= 4 is 23.2 Å². The fraction of sp³-hybridized carbons (Fsp3) is 0.323. The van der Waals surface area contributed by atoms with Crippen molar-refractivity contribution in [2.24, 2.45) is 5.92 Å². The van der Waals surface area contributed by atoms with E-state index < -0.39 is 17.6 Å². The molecule has 1 amide bonds. The van der Waals surface area contributed by atoms with Crippen LogP contribution in [0.15, 0.2) is 67.4 Å². The highest BCUT2D eigenvalue weighted by molar-refractivity contribution is 6.04. The average molecular weight is 576 g/mol. The maximum Gasteiger partial charge on any atom is 0.416 e. The Morgan fingerprint density at radius 2 is 1.83 bits per heavy atom. The minimum Gasteiger partial charge on any atom is -0.324 e. The second-order valence-electron chi connectivity index (χ2n) is 10.9. The number of benzene rings is 2. The Balaban J connectivity index is 1.32. The van der Waals surface area contributed by atoms with Gasteiger partial charge in [-0.2, -0.15) is 13.2 Å². The minimum absolute atomic E-state index is 0.0557. The zero-order chi connectivity index (χ0) is 29.9. The molecule has 1 fully saturated rings. The molecule has 0 spiro atoms. The van der Waals surface area contributed by atoms with Gasteiger partial charge < -0.3 is 15.5 Å². The predicted octanol–water partition coefficient (Wildman–Crippen LogP) is 6.53. The maximum absolute atomic E-state index is 14.1. The second-order valence-corrected chi connectivity index (χ2v) is 10.9. The van der Waals surface area contributed by atoms with Gasteiger partial charge in [-0.25, -0.2) is 19.9 Å². The van der Waals surface area contributed by atoms with Gasteiger partial charge in [-0.05, 0) is 94.1 Å². The lowest BCUT2D eigenvalue weighted by Crippen LogP contribution is -2.25. The number of hydrogen-bond donors (Lipinski definition) is 2. The van der Waals surface area contributed by atoms with Gasteiger partial charge in [0.1, 0.15) is 6.33 Å². The summed E-state index contributed by atoms with van der Waals surface area (Å²) < 4.78 is 42.2. The summed E-state index contributed by atoms with van der Waals surface area (Å²) in [5.74, 6) is -0.118. The number of halogens is 3. The van der Waals surface area contributed by atoms with Crippen LogP contribution in [0.3, 0.4) is 0 Å². The van der Waals surface area contributed by atoms with Gasteiger partial charge in [0.25, 0.3) is 5.91 Å². The fourth-order valence-corrected chi connectivity index (χ4v) is 5.34. The van der Waals surface area contributed by atoms with E-state index in [1.807, 2.05) is 21.0 Å². The number of alkyl halides is 3. The molecule has 0 saturated heterocycles. The maximum atomic E-state index is 14.1. The second kappa shape index (κ2) is 12.2. The lowest BCUT2D eigenvalue weighted by atomic mass is 9.92. The van der Waals surface area contributed by atoms with Gasteiger partial charge in [0, 0.05) is 47.1 Å². The van der Waals surface area contributed by atoms with Crippen LogP contribution in [0, 0.1) is 12.8 Å². The summed E-state index contributed by atoms with van der Waals surface area (Å²) in [6, 6.07) is 11.2. The van der Waals surface area contributed by atoms with Crippen molar-refractivity contribution in [1.82, 2.24) is 24.8 Å². The van der Waals surface area contributed by atoms with Gasteiger partial charge in [-0.1, -0.05) is 12.1 Å². The first kappa shape index (κ1) is 29.1. The topological polar surface area (TPSA) is 95.9 Å². The third-order valence-corrected chi connectivity index (χ3v) is 7.68. The van der Waals surface area contributed by atoms with Crippen LogP contribution in [-0.2, 0) is 12.6 Å². The van der Waals surface area contributed by atoms with Crippen molar-refractivity contribution in [3.05, 3.63) is 89.6 Å². The van der Waals surface area contributed by atoms with Crippen molar-refractivity contribution in [3.8, 4) is 11.3 Å². The number of anilines is 3. The molecular formula is C31H32F3N7O. The van der Waals surface area contributed by atoms with Crippen molar-refractivity contribution in [2.75, 3.05) is 24.7 Å². The third-order valence-electron chi connectivity index (χ3n) is 7.68. The largest absolute Gasteiger partial charge is 0.416 e. The first-order valence-electron chi connectivity index (χ1n) is 13.7. The summed E-state index contributed by atoms with van der Waals surface area (Å²) in [6.45, 7) is 1.88. The van der Waals surface area contributed by atoms with E-state index in [4.69, 9.17) is 0 Å². The Morgan fingerprint density at radius 1 is 1.05 bits per heavy atom. The highest BCUT2D eigenvalue weighted by Gasteiger charge is 2.35. The summed E-state index contributed by atoms with van der Waals surface area (Å²) in [5.41, 5.74) is 2.69. The standard InChI is InChI=1S/C31H32F3N7O/c1-19-4-8-24(15-28(19)40-30-37-11-10-27(39-30)23-16-35-18-36-17-23)38-29(42)22-7-6-21(26(14-22)31(32,33)34)12-20-5-9-25(13-20)41(2)3/h4,6-8,10-11,14-18,20,25H,5,9,12-13H2,1-3H3,(H,38,42)(H,37,39,40)/t20?,25-/m0/s1. The zero-order valence-corrected chi connectivity index (χ0v) is 23.6. The molecule has 8 nitrogen and oxygen atoms in total. The van der Waals surface area contributed by atoms with E-state index in [1.165, 1.54) is 18.5 Å². The third kappa shape index (κ3) is 6.91. The molecule has 1 unspecified atom stereocenters. The SMILES string of the molecule is Cc1ccc(NC(=O)c2ccc(CC3CC[C@H](N(C)C)C3)c(C(F)(F)F)c2)cc1Nc1nccc(-c2cncnc2)n1. The first-order valence-corrected chi connectivity index (χ1v) is 13.7. The normalized spacial score (nSPS) is 16.9. The van der Waals surface area contributed by atoms with Gasteiger partial charge >= 0.3 is 6.18 Å². The van der Waals surface area contributed by atoms with Crippen LogP contribution in [0.2, 0.25) is 0 Å². The number of nitrogens with zero attached hydrogens (tertiary/aromatic N) is 5. The number of carbonyl (C=O) groups is 1. The monoisotopic (exact) mass is 575 g/mol. The summed E-state index contributed by atoms with van der Waals surface area (Å²) >= 11 is 0. The minimum atomic E-state index is -4.56. The van der Waals surface area contributed by atoms with E-state index in [0.29, 0.717) is 35.5 Å². The molecule has 2 heterocycles. The van der Waals surface area contributed by atoms with Gasteiger partial charge in [-0.15, -0.1) is 0 Å². The number of carbonyl (C=O) groups excluding carboxylic acids is 1. The molecular weight excluding hydrogens is 543 g/mol. The van der Waals surface area contributed by atoms with Crippen LogP contribution in [0.25, 0.3) is 11.3 Å². The Bertz CT molecular complexity index is 1560. The first-order chi connectivity index (χ1) is 20.1. The zero-order valence-electron chi connectivity index (χ0n) is 23.6. The number of aryl methyl sites for hydroxylation is 1. The van der Waals surface area contributed by atoms with Crippen LogP contribution < -0.4 is 10.6 Å². The summed E-state index contributed by atoms with van der Waals surface area (Å²) in [7, 11) is 4.00. The van der Waals surface area contributed by atoms with Crippen LogP contribution in [-0.4, -0.2) is 50.9 Å². The smallest absolute Gasteiger partial charge is 0.324 e. The molecule has 5 rings (SSSR count). The molecule has 2 aromatic carbocycles. The lowest BCUT2D eigenvalue weighted by molar-refractivity contribution is -0.138. The molecule has 2 N–H and O–H groups in total. The van der Waals surface area contributed by atoms with E-state index in [2.05, 4.69) is 35.5 Å². The van der Waals surface area contributed by atoms with Gasteiger partial charge in [0.05, 0.1) is 11.3 Å². The van der Waals surface area contributed by atoms with Gasteiger partial charge in [0.2, 0.25) is 5.95 Å². The number of aromatic nitrogens is 4. The molecule has 0 aliphatic heterocycles. The van der Waals surface area contributed by atoms with E-state index in [0.717, 1.165) is 36.5 Å². The Kier molecular flexibility index (Phi) is 8.49. The number of amides is 1. The summed E-state index contributed by atoms with van der Waals surface area (Å²) in [5, 5.41) is 5.88. The van der Waals surface area contributed by atoms with E-state index >= 15 is 0 Å². The number of hydrogen-bond acceptors (Lipinski definition) is 7. The Labute approximate surface area is 242 Å². The van der Waals surface area contributed by atoms with Crippen molar-refractivity contribution in [2.45, 2.75) is 44.8 Å². The van der Waals surface area contributed by atoms with Gasteiger partial charge in [-0.3, -0.25) is 4.79 Å². The highest BCUT2D eigenvalue weighted by Crippen LogP contribution is 2.37. The average Bonchev–Trinajstić information content (AvgIpc) is 3.44. The summed E-state index contributed by atoms with van der Waals surface area (Å²) in [6.07, 6.45) is 4.84. The molecule has 218 valence electrons. The van der Waals surface area contributed by atoms with Crippen LogP contribution >= 0.6 is 0 Å². The summed E-state index contributed by atoms with van der Waals surface area (Å²) in [4.78, 5) is 32.0.